The number of hydrogen-bond donors (Lipinski definition) is 2. The van der Waals surface area contributed by atoms with Crippen molar-refractivity contribution in [3.63, 3.8) is 0 Å². The van der Waals surface area contributed by atoms with Crippen LogP contribution in [0, 0.1) is 5.92 Å². The van der Waals surface area contributed by atoms with E-state index in [1.807, 2.05) is 32.9 Å². The smallest absolute Gasteiger partial charge is 0.258 e. The third kappa shape index (κ3) is 8.59. The van der Waals surface area contributed by atoms with Crippen LogP contribution in [-0.2, 0) is 11.3 Å². The van der Waals surface area contributed by atoms with E-state index >= 15 is 0 Å². The number of rotatable bonds is 9. The number of halogens is 1. The first-order chi connectivity index (χ1) is 11.6. The molecular formula is C19H31BrN2O3. The van der Waals surface area contributed by atoms with Crippen LogP contribution in [0.5, 0.6) is 11.5 Å². The van der Waals surface area contributed by atoms with E-state index < -0.39 is 0 Å². The predicted octanol–water partition coefficient (Wildman–Crippen LogP) is 3.89. The summed E-state index contributed by atoms with van der Waals surface area (Å²) in [7, 11) is 1.60. The van der Waals surface area contributed by atoms with Crippen LogP contribution >= 0.6 is 15.9 Å². The molecule has 0 atom stereocenters. The van der Waals surface area contributed by atoms with Gasteiger partial charge >= 0.3 is 0 Å². The molecular weight excluding hydrogens is 384 g/mol. The van der Waals surface area contributed by atoms with E-state index in [9.17, 15) is 4.79 Å². The summed E-state index contributed by atoms with van der Waals surface area (Å²) in [5, 5.41) is 6.30. The molecule has 5 nitrogen and oxygen atoms in total. The number of hydrogen-bond acceptors (Lipinski definition) is 4. The number of benzene rings is 1. The second-order valence-electron chi connectivity index (χ2n) is 7.54. The third-order valence-corrected chi connectivity index (χ3v) is 4.16. The van der Waals surface area contributed by atoms with Crippen LogP contribution < -0.4 is 20.1 Å². The highest BCUT2D eigenvalue weighted by molar-refractivity contribution is 9.10. The lowest BCUT2D eigenvalue weighted by atomic mass is 10.1. The fourth-order valence-corrected chi connectivity index (χ4v) is 2.66. The van der Waals surface area contributed by atoms with Crippen LogP contribution in [0.4, 0.5) is 0 Å². The number of carbonyl (C=O) groups is 1. The first-order valence-electron chi connectivity index (χ1n) is 8.63. The van der Waals surface area contributed by atoms with Crippen molar-refractivity contribution in [2.24, 2.45) is 5.92 Å². The molecule has 0 unspecified atom stereocenters. The van der Waals surface area contributed by atoms with Crippen molar-refractivity contribution in [1.29, 1.82) is 0 Å². The zero-order chi connectivity index (χ0) is 19.0. The van der Waals surface area contributed by atoms with Crippen LogP contribution in [0.15, 0.2) is 16.6 Å². The highest BCUT2D eigenvalue weighted by Gasteiger charge is 2.16. The minimum atomic E-state index is -0.281. The molecule has 1 amide bonds. The topological polar surface area (TPSA) is 59.6 Å². The Morgan fingerprint density at radius 1 is 1.24 bits per heavy atom. The molecule has 0 aliphatic carbocycles. The SMILES string of the molecule is COc1cc(CNCCC(C)C)c(Br)cc1OCC(=O)NC(C)(C)C. The first-order valence-corrected chi connectivity index (χ1v) is 9.42. The summed E-state index contributed by atoms with van der Waals surface area (Å²) < 4.78 is 12.0. The molecule has 0 aliphatic heterocycles. The normalized spacial score (nSPS) is 11.5. The van der Waals surface area contributed by atoms with E-state index in [2.05, 4.69) is 40.4 Å². The summed E-state index contributed by atoms with van der Waals surface area (Å²) >= 11 is 3.57. The van der Waals surface area contributed by atoms with Gasteiger partial charge in [-0.1, -0.05) is 29.8 Å². The van der Waals surface area contributed by atoms with Crippen molar-refractivity contribution < 1.29 is 14.3 Å². The Kier molecular flexibility index (Phi) is 8.73. The Labute approximate surface area is 160 Å². The summed E-state index contributed by atoms with van der Waals surface area (Å²) in [6, 6.07) is 3.78. The molecule has 0 bridgehead atoms. The summed E-state index contributed by atoms with van der Waals surface area (Å²) in [6.45, 7) is 11.9. The molecule has 142 valence electrons. The Balaban J connectivity index is 2.69. The molecule has 0 fully saturated rings. The predicted molar refractivity (Wildman–Crippen MR) is 105 cm³/mol. The summed E-state index contributed by atoms with van der Waals surface area (Å²) in [6.07, 6.45) is 1.14. The zero-order valence-corrected chi connectivity index (χ0v) is 17.7. The number of ether oxygens (including phenoxy) is 2. The minimum absolute atomic E-state index is 0.0495. The van der Waals surface area contributed by atoms with E-state index in [1.165, 1.54) is 0 Å². The minimum Gasteiger partial charge on any atom is -0.493 e. The molecule has 1 aromatic rings. The first kappa shape index (κ1) is 21.8. The second-order valence-corrected chi connectivity index (χ2v) is 8.39. The van der Waals surface area contributed by atoms with Crippen molar-refractivity contribution in [3.05, 3.63) is 22.2 Å². The molecule has 0 aliphatic rings. The molecule has 0 saturated heterocycles. The van der Waals surface area contributed by atoms with Gasteiger partial charge in [-0.2, -0.15) is 0 Å². The molecule has 0 aromatic heterocycles. The monoisotopic (exact) mass is 414 g/mol. The molecule has 0 heterocycles. The van der Waals surface area contributed by atoms with Gasteiger partial charge in [0.1, 0.15) is 0 Å². The lowest BCUT2D eigenvalue weighted by molar-refractivity contribution is -0.124. The van der Waals surface area contributed by atoms with Gasteiger partial charge < -0.3 is 20.1 Å². The number of nitrogens with one attached hydrogen (secondary N) is 2. The van der Waals surface area contributed by atoms with Gasteiger partial charge in [0.2, 0.25) is 0 Å². The van der Waals surface area contributed by atoms with Gasteiger partial charge in [-0.05, 0) is 57.4 Å². The largest absolute Gasteiger partial charge is 0.493 e. The van der Waals surface area contributed by atoms with Crippen LogP contribution in [0.25, 0.3) is 0 Å². The Bertz CT molecular complexity index is 569. The molecule has 0 spiro atoms. The third-order valence-electron chi connectivity index (χ3n) is 3.42. The fourth-order valence-electron chi connectivity index (χ4n) is 2.20. The molecule has 0 radical (unpaired) electrons. The van der Waals surface area contributed by atoms with Gasteiger partial charge in [-0.15, -0.1) is 0 Å². The van der Waals surface area contributed by atoms with E-state index in [0.29, 0.717) is 17.4 Å². The maximum atomic E-state index is 11.9. The van der Waals surface area contributed by atoms with E-state index in [1.54, 1.807) is 7.11 Å². The fraction of sp³-hybridized carbons (Fsp3) is 0.632. The van der Waals surface area contributed by atoms with Crippen molar-refractivity contribution in [3.8, 4) is 11.5 Å². The quantitative estimate of drug-likeness (QED) is 0.601. The van der Waals surface area contributed by atoms with Crippen molar-refractivity contribution in [2.45, 2.75) is 53.1 Å². The standard InChI is InChI=1S/C19H31BrN2O3/c1-13(2)7-8-21-11-14-9-16(24-6)17(10-15(14)20)25-12-18(23)22-19(3,4)5/h9-10,13,21H,7-8,11-12H2,1-6H3,(H,22,23). The molecule has 1 aromatic carbocycles. The van der Waals surface area contributed by atoms with Gasteiger partial charge in [-0.25, -0.2) is 0 Å². The van der Waals surface area contributed by atoms with Gasteiger partial charge in [0.15, 0.2) is 18.1 Å². The van der Waals surface area contributed by atoms with Crippen molar-refractivity contribution in [1.82, 2.24) is 10.6 Å². The Morgan fingerprint density at radius 3 is 2.48 bits per heavy atom. The average molecular weight is 415 g/mol. The highest BCUT2D eigenvalue weighted by atomic mass is 79.9. The molecule has 6 heteroatoms. The van der Waals surface area contributed by atoms with Crippen molar-refractivity contribution in [2.75, 3.05) is 20.3 Å². The van der Waals surface area contributed by atoms with Gasteiger partial charge in [0.05, 0.1) is 7.11 Å². The van der Waals surface area contributed by atoms with E-state index in [-0.39, 0.29) is 18.1 Å². The van der Waals surface area contributed by atoms with Crippen LogP contribution in [0.2, 0.25) is 0 Å². The lowest BCUT2D eigenvalue weighted by Gasteiger charge is -2.21. The van der Waals surface area contributed by atoms with Crippen LogP contribution in [0.1, 0.15) is 46.6 Å². The van der Waals surface area contributed by atoms with Crippen LogP contribution in [0.3, 0.4) is 0 Å². The van der Waals surface area contributed by atoms with Gasteiger partial charge in [-0.3, -0.25) is 4.79 Å². The second kappa shape index (κ2) is 10.0. The zero-order valence-electron chi connectivity index (χ0n) is 16.2. The van der Waals surface area contributed by atoms with Gasteiger partial charge in [0.25, 0.3) is 5.91 Å². The molecule has 1 rings (SSSR count). The maximum Gasteiger partial charge on any atom is 0.258 e. The van der Waals surface area contributed by atoms with Gasteiger partial charge in [0, 0.05) is 16.6 Å². The van der Waals surface area contributed by atoms with E-state index in [0.717, 1.165) is 29.5 Å². The summed E-state index contributed by atoms with van der Waals surface area (Å²) in [5.41, 5.74) is 0.809. The van der Waals surface area contributed by atoms with Crippen LogP contribution in [-0.4, -0.2) is 31.7 Å². The maximum absolute atomic E-state index is 11.9. The summed E-state index contributed by atoms with van der Waals surface area (Å²) in [4.78, 5) is 11.9. The number of carbonyl (C=O) groups excluding carboxylic acids is 1. The molecule has 0 saturated carbocycles. The number of amides is 1. The molecule has 25 heavy (non-hydrogen) atoms. The summed E-state index contributed by atoms with van der Waals surface area (Å²) in [5.74, 6) is 1.68. The van der Waals surface area contributed by atoms with Crippen molar-refractivity contribution >= 4 is 21.8 Å². The molecule has 2 N–H and O–H groups in total. The highest BCUT2D eigenvalue weighted by Crippen LogP contribution is 2.33. The lowest BCUT2D eigenvalue weighted by Crippen LogP contribution is -2.43. The Morgan fingerprint density at radius 2 is 1.92 bits per heavy atom. The average Bonchev–Trinajstić information content (AvgIpc) is 2.48. The Hall–Kier alpha value is -1.27. The van der Waals surface area contributed by atoms with E-state index in [4.69, 9.17) is 9.47 Å². The number of methoxy groups -OCH3 is 1.